The minimum absolute atomic E-state index is 0.221. The summed E-state index contributed by atoms with van der Waals surface area (Å²) < 4.78 is 95.9. The molecule has 1 fully saturated rings. The maximum absolute atomic E-state index is 14.1. The quantitative estimate of drug-likeness (QED) is 0.147. The van der Waals surface area contributed by atoms with Crippen LogP contribution in [0.3, 0.4) is 0 Å². The van der Waals surface area contributed by atoms with Crippen LogP contribution >= 0.6 is 12.2 Å². The second kappa shape index (κ2) is 13.0. The lowest BCUT2D eigenvalue weighted by molar-refractivity contribution is -0.143. The van der Waals surface area contributed by atoms with E-state index >= 15 is 0 Å². The Bertz CT molecular complexity index is 1170. The van der Waals surface area contributed by atoms with Crippen molar-refractivity contribution in [2.45, 2.75) is 89.7 Å². The van der Waals surface area contributed by atoms with Crippen molar-refractivity contribution < 1.29 is 45.4 Å². The summed E-state index contributed by atoms with van der Waals surface area (Å²) in [6.07, 6.45) is -8.33. The van der Waals surface area contributed by atoms with Crippen molar-refractivity contribution in [2.75, 3.05) is 18.4 Å². The number of carbonyl (C=O) groups excluding carboxylic acids is 2. The number of thiocarbonyl (C=S) groups is 1. The number of alkyl halides is 7. The fraction of sp³-hybridized carbons (Fsp3) is 0.640. The standard InChI is InChI=1S/C25H32F7N5O3S/c1-6-16(25(30,31)32)36-17-7-14(20(26)27)15(9-33-17)19(41)18(22(39)37-11-24(28,29)8-12(37)2)35-13(3)21(38)34-10-23(4,5)40/h7,9,12,16,18,20,40H,6,8,10-11H2,1-5H3,(H,33,36)(H,34,38)/b35-13+/t12-,16-,18?/m0/s1. The summed E-state index contributed by atoms with van der Waals surface area (Å²) in [4.78, 5) is 34.0. The molecule has 0 saturated carbocycles. The van der Waals surface area contributed by atoms with Crippen LogP contribution in [-0.2, 0) is 9.59 Å². The number of aliphatic hydroxyl groups is 1. The van der Waals surface area contributed by atoms with Crippen molar-refractivity contribution in [1.29, 1.82) is 0 Å². The van der Waals surface area contributed by atoms with Gasteiger partial charge in [0.1, 0.15) is 11.9 Å². The highest BCUT2D eigenvalue weighted by molar-refractivity contribution is 7.81. The topological polar surface area (TPSA) is 107 Å². The third-order valence-electron chi connectivity index (χ3n) is 6.19. The first kappa shape index (κ1) is 34.3. The molecule has 2 rings (SSSR count). The molecular weight excluding hydrogens is 583 g/mol. The van der Waals surface area contributed by atoms with E-state index in [9.17, 15) is 45.4 Å². The molecule has 0 spiro atoms. The summed E-state index contributed by atoms with van der Waals surface area (Å²) in [6.45, 7) is 5.36. The van der Waals surface area contributed by atoms with Gasteiger partial charge in [0, 0.05) is 36.3 Å². The molecule has 1 aliphatic rings. The number of nitrogens with zero attached hydrogens (tertiary/aromatic N) is 3. The fourth-order valence-electron chi connectivity index (χ4n) is 4.04. The van der Waals surface area contributed by atoms with Crippen LogP contribution in [0.15, 0.2) is 17.3 Å². The summed E-state index contributed by atoms with van der Waals surface area (Å²) in [5, 5.41) is 14.3. The van der Waals surface area contributed by atoms with Crippen LogP contribution in [-0.4, -0.2) is 86.3 Å². The molecule has 1 aliphatic heterocycles. The minimum Gasteiger partial charge on any atom is -0.389 e. The Balaban J connectivity index is 2.54. The minimum atomic E-state index is -4.69. The number of aromatic nitrogens is 1. The van der Waals surface area contributed by atoms with Gasteiger partial charge in [-0.25, -0.2) is 22.5 Å². The molecular formula is C25H32F7N5O3S. The highest BCUT2D eigenvalue weighted by Gasteiger charge is 2.47. The zero-order valence-corrected chi connectivity index (χ0v) is 23.8. The molecule has 1 unspecified atom stereocenters. The molecule has 230 valence electrons. The lowest BCUT2D eigenvalue weighted by atomic mass is 10.0. The molecule has 2 heterocycles. The van der Waals surface area contributed by atoms with Gasteiger partial charge in [-0.15, -0.1) is 0 Å². The second-order valence-corrected chi connectivity index (χ2v) is 10.9. The molecule has 3 atom stereocenters. The van der Waals surface area contributed by atoms with Crippen LogP contribution in [0.4, 0.5) is 36.6 Å². The van der Waals surface area contributed by atoms with E-state index in [1.165, 1.54) is 34.6 Å². The Morgan fingerprint density at radius 3 is 2.37 bits per heavy atom. The normalized spacial score (nSPS) is 19.2. The third kappa shape index (κ3) is 9.31. The van der Waals surface area contributed by atoms with Crippen molar-refractivity contribution in [3.63, 3.8) is 0 Å². The first-order chi connectivity index (χ1) is 18.7. The number of halogens is 7. The molecule has 16 heteroatoms. The van der Waals surface area contributed by atoms with Gasteiger partial charge in [-0.2, -0.15) is 13.2 Å². The third-order valence-corrected chi connectivity index (χ3v) is 6.63. The average Bonchev–Trinajstić information content (AvgIpc) is 3.13. The fourth-order valence-corrected chi connectivity index (χ4v) is 4.37. The molecule has 2 amide bonds. The van der Waals surface area contributed by atoms with Crippen LogP contribution in [0, 0.1) is 0 Å². The van der Waals surface area contributed by atoms with Crippen molar-refractivity contribution in [1.82, 2.24) is 15.2 Å². The van der Waals surface area contributed by atoms with Crippen LogP contribution < -0.4 is 10.6 Å². The predicted octanol–water partition coefficient (Wildman–Crippen LogP) is 4.46. The highest BCUT2D eigenvalue weighted by Crippen LogP contribution is 2.34. The van der Waals surface area contributed by atoms with E-state index in [4.69, 9.17) is 12.2 Å². The van der Waals surface area contributed by atoms with Gasteiger partial charge in [-0.1, -0.05) is 19.1 Å². The van der Waals surface area contributed by atoms with Crippen LogP contribution in [0.1, 0.15) is 65.0 Å². The van der Waals surface area contributed by atoms with Gasteiger partial charge in [-0.05, 0) is 40.2 Å². The van der Waals surface area contributed by atoms with E-state index in [1.54, 1.807) is 0 Å². The highest BCUT2D eigenvalue weighted by atomic mass is 32.1. The number of nitrogens with one attached hydrogen (secondary N) is 2. The lowest BCUT2D eigenvalue weighted by Gasteiger charge is -2.26. The van der Waals surface area contributed by atoms with Crippen LogP contribution in [0.2, 0.25) is 0 Å². The summed E-state index contributed by atoms with van der Waals surface area (Å²) >= 11 is 5.31. The summed E-state index contributed by atoms with van der Waals surface area (Å²) in [6, 6.07) is -4.30. The molecule has 0 aromatic carbocycles. The molecule has 3 N–H and O–H groups in total. The van der Waals surface area contributed by atoms with Gasteiger partial charge in [0.2, 0.25) is 0 Å². The molecule has 0 aliphatic carbocycles. The van der Waals surface area contributed by atoms with E-state index < -0.39 is 95.3 Å². The van der Waals surface area contributed by atoms with Gasteiger partial charge < -0.3 is 20.6 Å². The van der Waals surface area contributed by atoms with Crippen LogP contribution in [0.5, 0.6) is 0 Å². The number of hydrogen-bond donors (Lipinski definition) is 3. The van der Waals surface area contributed by atoms with Crippen LogP contribution in [0.25, 0.3) is 0 Å². The van der Waals surface area contributed by atoms with E-state index in [0.717, 1.165) is 11.1 Å². The smallest absolute Gasteiger partial charge is 0.389 e. The second-order valence-electron chi connectivity index (χ2n) is 10.5. The number of aliphatic imine (C=N–C) groups is 1. The monoisotopic (exact) mass is 615 g/mol. The largest absolute Gasteiger partial charge is 0.408 e. The number of anilines is 1. The Morgan fingerprint density at radius 2 is 1.90 bits per heavy atom. The van der Waals surface area contributed by atoms with Crippen molar-refractivity contribution in [3.8, 4) is 0 Å². The molecule has 0 bridgehead atoms. The molecule has 1 saturated heterocycles. The first-order valence-corrected chi connectivity index (χ1v) is 13.0. The maximum atomic E-state index is 14.1. The van der Waals surface area contributed by atoms with E-state index in [-0.39, 0.29) is 12.3 Å². The van der Waals surface area contributed by atoms with E-state index in [2.05, 4.69) is 15.3 Å². The van der Waals surface area contributed by atoms with Crippen molar-refractivity contribution in [2.24, 2.45) is 4.99 Å². The van der Waals surface area contributed by atoms with E-state index in [0.29, 0.717) is 6.07 Å². The predicted molar refractivity (Wildman–Crippen MR) is 142 cm³/mol. The Hall–Kier alpha value is -2.88. The summed E-state index contributed by atoms with van der Waals surface area (Å²) in [5.41, 5.74) is -3.07. The first-order valence-electron chi connectivity index (χ1n) is 12.6. The zero-order chi connectivity index (χ0) is 31.5. The number of pyridine rings is 1. The van der Waals surface area contributed by atoms with Gasteiger partial charge >= 0.3 is 6.18 Å². The van der Waals surface area contributed by atoms with Crippen molar-refractivity contribution in [3.05, 3.63) is 23.4 Å². The van der Waals surface area contributed by atoms with Gasteiger partial charge in [-0.3, -0.25) is 14.6 Å². The maximum Gasteiger partial charge on any atom is 0.408 e. The van der Waals surface area contributed by atoms with Gasteiger partial charge in [0.05, 0.1) is 22.7 Å². The molecule has 8 nitrogen and oxygen atoms in total. The Labute approximate surface area is 237 Å². The van der Waals surface area contributed by atoms with Gasteiger partial charge in [0.15, 0.2) is 6.04 Å². The number of hydrogen-bond acceptors (Lipinski definition) is 7. The summed E-state index contributed by atoms with van der Waals surface area (Å²) in [7, 11) is 0. The number of amides is 2. The Morgan fingerprint density at radius 1 is 1.29 bits per heavy atom. The average molecular weight is 616 g/mol. The van der Waals surface area contributed by atoms with E-state index in [1.807, 2.05) is 5.32 Å². The SMILES string of the molecule is CC[C@H](Nc1cc(C(F)F)c(C(=S)C(/N=C(\C)C(=O)NCC(C)(C)O)C(=O)N2CC(F)(F)C[C@@H]2C)cn1)C(F)(F)F. The zero-order valence-electron chi connectivity index (χ0n) is 23.0. The molecule has 0 radical (unpaired) electrons. The molecule has 1 aromatic heterocycles. The van der Waals surface area contributed by atoms with Crippen molar-refractivity contribution >= 4 is 40.4 Å². The Kier molecular flexibility index (Phi) is 10.9. The lowest BCUT2D eigenvalue weighted by Crippen LogP contribution is -2.46. The number of rotatable bonds is 11. The number of likely N-dealkylation sites (tertiary alicyclic amines) is 1. The number of carbonyl (C=O) groups is 2. The van der Waals surface area contributed by atoms with Gasteiger partial charge in [0.25, 0.3) is 24.2 Å². The molecule has 41 heavy (non-hydrogen) atoms. The molecule has 1 aromatic rings. The summed E-state index contributed by atoms with van der Waals surface area (Å²) in [5.74, 6) is -5.70.